The van der Waals surface area contributed by atoms with Crippen LogP contribution in [-0.2, 0) is 0 Å². The summed E-state index contributed by atoms with van der Waals surface area (Å²) in [6.45, 7) is 18.7. The molecule has 8 nitrogen and oxygen atoms in total. The van der Waals surface area contributed by atoms with Gasteiger partial charge in [-0.05, 0) is 95.2 Å². The van der Waals surface area contributed by atoms with Gasteiger partial charge in [-0.2, -0.15) is 15.0 Å². The van der Waals surface area contributed by atoms with Gasteiger partial charge in [0.15, 0.2) is 0 Å². The third kappa shape index (κ3) is 4.99. The molecule has 0 amide bonds. The topological polar surface area (TPSA) is 63.7 Å². The van der Waals surface area contributed by atoms with Gasteiger partial charge in [-0.3, -0.25) is 9.80 Å². The summed E-state index contributed by atoms with van der Waals surface area (Å²) in [6.07, 6.45) is 4.25. The van der Waals surface area contributed by atoms with E-state index in [0.29, 0.717) is 18.0 Å². The zero-order valence-corrected chi connectivity index (χ0v) is 24.1. The molecular formula is C26H50N8. The van der Waals surface area contributed by atoms with Crippen molar-refractivity contribution in [3.8, 4) is 0 Å². The zero-order valence-electron chi connectivity index (χ0n) is 24.1. The van der Waals surface area contributed by atoms with Crippen molar-refractivity contribution in [1.29, 1.82) is 0 Å². The van der Waals surface area contributed by atoms with Crippen LogP contribution in [0.2, 0.25) is 0 Å². The molecule has 1 aromatic rings. The number of rotatable bonds is 5. The van der Waals surface area contributed by atoms with E-state index >= 15 is 0 Å². The van der Waals surface area contributed by atoms with Crippen LogP contribution in [0.25, 0.3) is 0 Å². The second-order valence-corrected chi connectivity index (χ2v) is 13.2. The SMILES string of the molecule is CNc1nc(N(C)C2CC(C)(C)N(C)C(C)(C)C2)nc(N(C)C2CC(C)(C)N(C)C(C)(C)C2)n1. The van der Waals surface area contributed by atoms with Crippen LogP contribution in [0.1, 0.15) is 81.1 Å². The molecule has 0 aliphatic carbocycles. The van der Waals surface area contributed by atoms with Gasteiger partial charge in [-0.15, -0.1) is 0 Å². The third-order valence-corrected chi connectivity index (χ3v) is 9.13. The maximum atomic E-state index is 5.02. The molecule has 8 heteroatoms. The lowest BCUT2D eigenvalue weighted by molar-refractivity contribution is -0.0121. The minimum atomic E-state index is 0.102. The molecule has 2 aliphatic heterocycles. The summed E-state index contributed by atoms with van der Waals surface area (Å²) >= 11 is 0. The fraction of sp³-hybridized carbons (Fsp3) is 0.885. The van der Waals surface area contributed by atoms with Crippen LogP contribution in [0.5, 0.6) is 0 Å². The highest BCUT2D eigenvalue weighted by molar-refractivity contribution is 5.46. The van der Waals surface area contributed by atoms with E-state index in [-0.39, 0.29) is 22.2 Å². The second-order valence-electron chi connectivity index (χ2n) is 13.2. The van der Waals surface area contributed by atoms with Crippen molar-refractivity contribution < 1.29 is 0 Å². The summed E-state index contributed by atoms with van der Waals surface area (Å²) in [6, 6.07) is 0.709. The molecule has 3 heterocycles. The Morgan fingerprint density at radius 1 is 0.647 bits per heavy atom. The highest BCUT2D eigenvalue weighted by Gasteiger charge is 2.46. The predicted molar refractivity (Wildman–Crippen MR) is 144 cm³/mol. The first-order valence-electron chi connectivity index (χ1n) is 12.8. The highest BCUT2D eigenvalue weighted by Crippen LogP contribution is 2.41. The van der Waals surface area contributed by atoms with Gasteiger partial charge in [0.05, 0.1) is 0 Å². The van der Waals surface area contributed by atoms with Crippen LogP contribution in [0, 0.1) is 0 Å². The van der Waals surface area contributed by atoms with E-state index in [4.69, 9.17) is 15.0 Å². The molecule has 2 fully saturated rings. The average molecular weight is 475 g/mol. The van der Waals surface area contributed by atoms with E-state index < -0.39 is 0 Å². The lowest BCUT2D eigenvalue weighted by Crippen LogP contribution is -2.62. The van der Waals surface area contributed by atoms with Crippen molar-refractivity contribution in [1.82, 2.24) is 24.8 Å². The Labute approximate surface area is 208 Å². The molecule has 3 rings (SSSR count). The minimum absolute atomic E-state index is 0.102. The zero-order chi connectivity index (χ0) is 25.9. The lowest BCUT2D eigenvalue weighted by atomic mass is 9.77. The Bertz CT molecular complexity index is 775. The van der Waals surface area contributed by atoms with Gasteiger partial charge in [0.25, 0.3) is 0 Å². The van der Waals surface area contributed by atoms with Gasteiger partial charge in [-0.1, -0.05) is 0 Å². The van der Waals surface area contributed by atoms with Gasteiger partial charge < -0.3 is 15.1 Å². The maximum absolute atomic E-state index is 5.02. The number of hydrogen-bond donors (Lipinski definition) is 1. The van der Waals surface area contributed by atoms with Gasteiger partial charge in [0.1, 0.15) is 0 Å². The molecule has 0 spiro atoms. The summed E-state index contributed by atoms with van der Waals surface area (Å²) in [7, 11) is 10.7. The monoisotopic (exact) mass is 474 g/mol. The van der Waals surface area contributed by atoms with Crippen LogP contribution >= 0.6 is 0 Å². The molecule has 0 aromatic carbocycles. The van der Waals surface area contributed by atoms with E-state index in [2.05, 4.69) is 108 Å². The van der Waals surface area contributed by atoms with Crippen molar-refractivity contribution in [2.24, 2.45) is 0 Å². The van der Waals surface area contributed by atoms with Crippen LogP contribution in [0.15, 0.2) is 0 Å². The molecule has 2 saturated heterocycles. The summed E-state index contributed by atoms with van der Waals surface area (Å²) < 4.78 is 0. The number of piperidine rings is 2. The van der Waals surface area contributed by atoms with Crippen LogP contribution in [0.4, 0.5) is 17.8 Å². The van der Waals surface area contributed by atoms with Crippen LogP contribution in [0.3, 0.4) is 0 Å². The fourth-order valence-electron chi connectivity index (χ4n) is 6.29. The van der Waals surface area contributed by atoms with Crippen LogP contribution in [-0.4, -0.2) is 94.2 Å². The summed E-state index contributed by atoms with van der Waals surface area (Å²) in [5, 5.41) is 3.17. The average Bonchev–Trinajstić information content (AvgIpc) is 2.73. The molecule has 0 unspecified atom stereocenters. The molecule has 2 aliphatic rings. The van der Waals surface area contributed by atoms with Crippen molar-refractivity contribution in [2.75, 3.05) is 50.4 Å². The Morgan fingerprint density at radius 3 is 1.21 bits per heavy atom. The molecule has 0 bridgehead atoms. The Kier molecular flexibility index (Phi) is 6.94. The Morgan fingerprint density at radius 2 is 0.941 bits per heavy atom. The Hall–Kier alpha value is -1.67. The van der Waals surface area contributed by atoms with Gasteiger partial charge in [0, 0.05) is 55.4 Å². The van der Waals surface area contributed by atoms with Gasteiger partial charge in [-0.25, -0.2) is 0 Å². The number of hydrogen-bond acceptors (Lipinski definition) is 8. The molecule has 34 heavy (non-hydrogen) atoms. The molecule has 0 saturated carbocycles. The quantitative estimate of drug-likeness (QED) is 0.685. The summed E-state index contributed by atoms with van der Waals surface area (Å²) in [5.74, 6) is 2.11. The first kappa shape index (κ1) is 26.9. The highest BCUT2D eigenvalue weighted by atomic mass is 15.4. The number of nitrogens with one attached hydrogen (secondary N) is 1. The predicted octanol–water partition coefficient (Wildman–Crippen LogP) is 4.09. The second kappa shape index (κ2) is 8.77. The first-order valence-corrected chi connectivity index (χ1v) is 12.8. The molecule has 0 radical (unpaired) electrons. The first-order chi connectivity index (χ1) is 15.4. The van der Waals surface area contributed by atoms with Crippen molar-refractivity contribution >= 4 is 17.8 Å². The fourth-order valence-corrected chi connectivity index (χ4v) is 6.29. The van der Waals surface area contributed by atoms with Crippen LogP contribution < -0.4 is 15.1 Å². The van der Waals surface area contributed by atoms with E-state index in [1.165, 1.54) is 0 Å². The van der Waals surface area contributed by atoms with Crippen molar-refractivity contribution in [3.63, 3.8) is 0 Å². The standard InChI is InChI=1S/C26H50N8/c1-23(2)14-18(15-24(3,4)33(23)12)31(10)21-28-20(27-9)29-22(30-21)32(11)19-16-25(5,6)34(13)26(7,8)17-19/h18-19H,14-17H2,1-13H3,(H,27,28,29,30). The summed E-state index contributed by atoms with van der Waals surface area (Å²) in [4.78, 5) is 24.2. The number of anilines is 3. The lowest BCUT2D eigenvalue weighted by Gasteiger charge is -2.55. The Balaban J connectivity index is 1.92. The third-order valence-electron chi connectivity index (χ3n) is 9.13. The van der Waals surface area contributed by atoms with Crippen molar-refractivity contribution in [3.05, 3.63) is 0 Å². The summed E-state index contributed by atoms with van der Waals surface area (Å²) in [5.41, 5.74) is 0.407. The number of nitrogens with zero attached hydrogens (tertiary/aromatic N) is 7. The molecule has 1 aromatic heterocycles. The van der Waals surface area contributed by atoms with E-state index in [1.54, 1.807) is 0 Å². The van der Waals surface area contributed by atoms with Gasteiger partial charge >= 0.3 is 0 Å². The number of aromatic nitrogens is 3. The van der Waals surface area contributed by atoms with E-state index in [1.807, 2.05) is 7.05 Å². The largest absolute Gasteiger partial charge is 0.357 e. The van der Waals surface area contributed by atoms with Crippen molar-refractivity contribution in [2.45, 2.75) is 115 Å². The number of likely N-dealkylation sites (tertiary alicyclic amines) is 2. The molecular weight excluding hydrogens is 424 g/mol. The van der Waals surface area contributed by atoms with E-state index in [9.17, 15) is 0 Å². The van der Waals surface area contributed by atoms with Gasteiger partial charge in [0.2, 0.25) is 17.8 Å². The maximum Gasteiger partial charge on any atom is 0.231 e. The smallest absolute Gasteiger partial charge is 0.231 e. The molecule has 1 N–H and O–H groups in total. The van der Waals surface area contributed by atoms with E-state index in [0.717, 1.165) is 37.6 Å². The molecule has 194 valence electrons. The normalized spacial score (nSPS) is 25.2. The minimum Gasteiger partial charge on any atom is -0.357 e. The molecule has 0 atom stereocenters.